The van der Waals surface area contributed by atoms with Gasteiger partial charge in [0.1, 0.15) is 11.5 Å². The van der Waals surface area contributed by atoms with E-state index in [1.807, 2.05) is 0 Å². The molecule has 0 aromatic heterocycles. The molecule has 0 radical (unpaired) electrons. The smallest absolute Gasteiger partial charge is 0.318 e. The number of benzene rings is 1. The molecule has 1 unspecified atom stereocenters. The Kier molecular flexibility index (Phi) is 4.30. The van der Waals surface area contributed by atoms with E-state index in [1.54, 1.807) is 24.3 Å². The van der Waals surface area contributed by atoms with Crippen LogP contribution in [0.25, 0.3) is 0 Å². The molecular formula is C10H12O4S. The van der Waals surface area contributed by atoms with Crippen molar-refractivity contribution < 1.29 is 18.5 Å². The molecule has 0 bridgehead atoms. The van der Waals surface area contributed by atoms with E-state index < -0.39 is 16.8 Å². The second-order valence-electron chi connectivity index (χ2n) is 2.72. The van der Waals surface area contributed by atoms with Gasteiger partial charge in [-0.3, -0.25) is 9.00 Å². The van der Waals surface area contributed by atoms with Gasteiger partial charge < -0.3 is 9.47 Å². The Morgan fingerprint density at radius 3 is 2.60 bits per heavy atom. The molecule has 5 heteroatoms. The molecule has 0 heterocycles. The zero-order valence-corrected chi connectivity index (χ0v) is 9.37. The maximum Gasteiger partial charge on any atom is 0.318 e. The molecule has 1 atom stereocenters. The maximum atomic E-state index is 11.7. The molecule has 0 aliphatic carbocycles. The van der Waals surface area contributed by atoms with E-state index in [9.17, 15) is 9.00 Å². The topological polar surface area (TPSA) is 52.6 Å². The van der Waals surface area contributed by atoms with Crippen molar-refractivity contribution >= 4 is 16.8 Å². The van der Waals surface area contributed by atoms with Gasteiger partial charge in [-0.2, -0.15) is 0 Å². The third-order valence-corrected chi connectivity index (χ3v) is 3.12. The summed E-state index contributed by atoms with van der Waals surface area (Å²) in [5.74, 6) is -0.143. The number of para-hydroxylation sites is 1. The highest BCUT2D eigenvalue weighted by Gasteiger charge is 2.13. The van der Waals surface area contributed by atoms with Crippen LogP contribution in [0.15, 0.2) is 29.2 Å². The summed E-state index contributed by atoms with van der Waals surface area (Å²) in [7, 11) is 1.34. The Morgan fingerprint density at radius 2 is 2.00 bits per heavy atom. The van der Waals surface area contributed by atoms with Crippen LogP contribution in [-0.4, -0.2) is 30.2 Å². The Balaban J connectivity index is 2.86. The molecular weight excluding hydrogens is 216 g/mol. The van der Waals surface area contributed by atoms with Gasteiger partial charge >= 0.3 is 5.97 Å². The molecule has 0 saturated heterocycles. The van der Waals surface area contributed by atoms with Gasteiger partial charge in [-0.05, 0) is 12.1 Å². The molecule has 4 nitrogen and oxygen atoms in total. The van der Waals surface area contributed by atoms with Crippen molar-refractivity contribution in [2.24, 2.45) is 0 Å². The van der Waals surface area contributed by atoms with Crippen molar-refractivity contribution in [1.29, 1.82) is 0 Å². The standard InChI is InChI=1S/C10H12O4S/c1-13-8-5-3-4-6-9(8)15(12)7-10(11)14-2/h3-6H,7H2,1-2H3. The van der Waals surface area contributed by atoms with Crippen molar-refractivity contribution in [3.05, 3.63) is 24.3 Å². The summed E-state index contributed by atoms with van der Waals surface area (Å²) in [4.78, 5) is 11.4. The highest BCUT2D eigenvalue weighted by atomic mass is 32.2. The van der Waals surface area contributed by atoms with E-state index in [-0.39, 0.29) is 5.75 Å². The Hall–Kier alpha value is -1.36. The molecule has 0 saturated carbocycles. The SMILES string of the molecule is COC(=O)CS(=O)c1ccccc1OC. The Bertz CT molecular complexity index is 375. The van der Waals surface area contributed by atoms with Crippen LogP contribution in [0.4, 0.5) is 0 Å². The third kappa shape index (κ3) is 3.06. The van der Waals surface area contributed by atoms with E-state index in [2.05, 4.69) is 4.74 Å². The molecule has 1 aromatic carbocycles. The minimum atomic E-state index is -1.42. The van der Waals surface area contributed by atoms with Crippen LogP contribution < -0.4 is 4.74 Å². The maximum absolute atomic E-state index is 11.7. The first-order valence-electron chi connectivity index (χ1n) is 4.27. The summed E-state index contributed by atoms with van der Waals surface area (Å²) >= 11 is 0. The van der Waals surface area contributed by atoms with Gasteiger partial charge in [0.2, 0.25) is 0 Å². The Labute approximate surface area is 90.7 Å². The number of methoxy groups -OCH3 is 2. The van der Waals surface area contributed by atoms with Crippen molar-refractivity contribution in [2.45, 2.75) is 4.90 Å². The van der Waals surface area contributed by atoms with E-state index in [4.69, 9.17) is 4.74 Å². The van der Waals surface area contributed by atoms with Crippen LogP contribution in [0.2, 0.25) is 0 Å². The molecule has 0 fully saturated rings. The van der Waals surface area contributed by atoms with Gasteiger partial charge in [-0.15, -0.1) is 0 Å². The van der Waals surface area contributed by atoms with E-state index in [0.29, 0.717) is 10.6 Å². The summed E-state index contributed by atoms with van der Waals surface area (Å²) in [5, 5.41) is 0. The normalized spacial score (nSPS) is 11.9. The summed E-state index contributed by atoms with van der Waals surface area (Å²) < 4.78 is 21.2. The fourth-order valence-corrected chi connectivity index (χ4v) is 2.14. The number of ether oxygens (including phenoxy) is 2. The van der Waals surface area contributed by atoms with Crippen LogP contribution in [0.3, 0.4) is 0 Å². The minimum Gasteiger partial charge on any atom is -0.495 e. The van der Waals surface area contributed by atoms with Gasteiger partial charge in [0, 0.05) is 0 Å². The van der Waals surface area contributed by atoms with Crippen LogP contribution in [0.5, 0.6) is 5.75 Å². The quantitative estimate of drug-likeness (QED) is 0.721. The van der Waals surface area contributed by atoms with Crippen LogP contribution in [0.1, 0.15) is 0 Å². The molecule has 0 amide bonds. The molecule has 1 aromatic rings. The number of rotatable bonds is 4. The fourth-order valence-electron chi connectivity index (χ4n) is 1.05. The average Bonchev–Trinajstić information content (AvgIpc) is 2.28. The molecule has 0 spiro atoms. The third-order valence-electron chi connectivity index (χ3n) is 1.79. The highest BCUT2D eigenvalue weighted by molar-refractivity contribution is 7.85. The van der Waals surface area contributed by atoms with E-state index in [0.717, 1.165) is 0 Å². The molecule has 0 N–H and O–H groups in total. The van der Waals surface area contributed by atoms with Crippen molar-refractivity contribution in [1.82, 2.24) is 0 Å². The number of esters is 1. The minimum absolute atomic E-state index is 0.156. The summed E-state index contributed by atoms with van der Waals surface area (Å²) in [6.07, 6.45) is 0. The van der Waals surface area contributed by atoms with Gasteiger partial charge in [0.15, 0.2) is 0 Å². The molecule has 0 aliphatic rings. The largest absolute Gasteiger partial charge is 0.495 e. The number of carbonyl (C=O) groups excluding carboxylic acids is 1. The second-order valence-corrected chi connectivity index (χ2v) is 4.14. The summed E-state index contributed by atoms with van der Waals surface area (Å²) in [6, 6.07) is 6.88. The van der Waals surface area contributed by atoms with Gasteiger partial charge in [0.05, 0.1) is 29.9 Å². The van der Waals surface area contributed by atoms with E-state index >= 15 is 0 Å². The Morgan fingerprint density at radius 1 is 1.33 bits per heavy atom. The average molecular weight is 228 g/mol. The number of hydrogen-bond donors (Lipinski definition) is 0. The van der Waals surface area contributed by atoms with Crippen LogP contribution >= 0.6 is 0 Å². The molecule has 15 heavy (non-hydrogen) atoms. The lowest BCUT2D eigenvalue weighted by atomic mass is 10.3. The molecule has 0 aliphatic heterocycles. The molecule has 1 rings (SSSR count). The van der Waals surface area contributed by atoms with Crippen molar-refractivity contribution in [3.63, 3.8) is 0 Å². The van der Waals surface area contributed by atoms with Gasteiger partial charge in [-0.25, -0.2) is 0 Å². The first kappa shape index (κ1) is 11.7. The van der Waals surface area contributed by atoms with Crippen molar-refractivity contribution in [3.8, 4) is 5.75 Å². The monoisotopic (exact) mass is 228 g/mol. The lowest BCUT2D eigenvalue weighted by Crippen LogP contribution is -2.12. The highest BCUT2D eigenvalue weighted by Crippen LogP contribution is 2.21. The first-order valence-corrected chi connectivity index (χ1v) is 5.59. The lowest BCUT2D eigenvalue weighted by Gasteiger charge is -2.06. The zero-order chi connectivity index (χ0) is 11.3. The number of hydrogen-bond acceptors (Lipinski definition) is 4. The predicted octanol–water partition coefficient (Wildman–Crippen LogP) is 0.976. The zero-order valence-electron chi connectivity index (χ0n) is 8.56. The second kappa shape index (κ2) is 5.50. The van der Waals surface area contributed by atoms with Gasteiger partial charge in [-0.1, -0.05) is 12.1 Å². The predicted molar refractivity (Wildman–Crippen MR) is 56.3 cm³/mol. The fraction of sp³-hybridized carbons (Fsp3) is 0.300. The summed E-state index contributed by atoms with van der Waals surface area (Å²) in [6.45, 7) is 0. The van der Waals surface area contributed by atoms with Gasteiger partial charge in [0.25, 0.3) is 0 Å². The molecule has 82 valence electrons. The first-order chi connectivity index (χ1) is 7.19. The lowest BCUT2D eigenvalue weighted by molar-refractivity contribution is -0.137. The van der Waals surface area contributed by atoms with E-state index in [1.165, 1.54) is 14.2 Å². The number of carbonyl (C=O) groups is 1. The summed E-state index contributed by atoms with van der Waals surface area (Å²) in [5.41, 5.74) is 0. The van der Waals surface area contributed by atoms with Crippen molar-refractivity contribution in [2.75, 3.05) is 20.0 Å². The van der Waals surface area contributed by atoms with Crippen LogP contribution in [-0.2, 0) is 20.3 Å². The van der Waals surface area contributed by atoms with Crippen LogP contribution in [0, 0.1) is 0 Å².